The molecule has 1 heterocycles. The summed E-state index contributed by atoms with van der Waals surface area (Å²) in [5.41, 5.74) is 1.15. The van der Waals surface area contributed by atoms with Gasteiger partial charge in [-0.3, -0.25) is 4.98 Å². The fourth-order valence-corrected chi connectivity index (χ4v) is 2.00. The van der Waals surface area contributed by atoms with Gasteiger partial charge >= 0.3 is 0 Å². The number of hydrogen-bond acceptors (Lipinski definition) is 2. The van der Waals surface area contributed by atoms with E-state index in [1.165, 1.54) is 0 Å². The van der Waals surface area contributed by atoms with E-state index >= 15 is 0 Å². The summed E-state index contributed by atoms with van der Waals surface area (Å²) < 4.78 is 1.04. The van der Waals surface area contributed by atoms with E-state index in [0.717, 1.165) is 16.6 Å². The summed E-state index contributed by atoms with van der Waals surface area (Å²) in [6.45, 7) is 6.83. The number of nitrogens with one attached hydrogen (secondary N) is 1. The molecular weight excluding hydrogens is 264 g/mol. The Bertz CT molecular complexity index is 308. The Morgan fingerprint density at radius 2 is 2.00 bits per heavy atom. The normalized spacial score (nSPS) is 15.1. The summed E-state index contributed by atoms with van der Waals surface area (Å²) >= 11 is 3.40. The van der Waals surface area contributed by atoms with Gasteiger partial charge in [0.05, 0.1) is 0 Å². The highest BCUT2D eigenvalue weighted by molar-refractivity contribution is 9.10. The summed E-state index contributed by atoms with van der Waals surface area (Å²) in [6, 6.07) is 4.63. The molecule has 16 heavy (non-hydrogen) atoms. The first kappa shape index (κ1) is 13.7. The first-order valence-electron chi connectivity index (χ1n) is 5.82. The molecule has 1 N–H and O–H groups in total. The second-order valence-corrected chi connectivity index (χ2v) is 5.59. The highest BCUT2D eigenvalue weighted by Gasteiger charge is 2.19. The van der Waals surface area contributed by atoms with Crippen LogP contribution in [0.3, 0.4) is 0 Å². The van der Waals surface area contributed by atoms with E-state index in [1.54, 1.807) is 0 Å². The molecule has 1 aromatic heterocycles. The molecule has 0 aromatic carbocycles. The summed E-state index contributed by atoms with van der Waals surface area (Å²) in [5.74, 6) is 1.34. The summed E-state index contributed by atoms with van der Waals surface area (Å²) in [7, 11) is 2.03. The van der Waals surface area contributed by atoms with Crippen LogP contribution >= 0.6 is 15.9 Å². The zero-order valence-electron chi connectivity index (χ0n) is 10.5. The molecule has 2 atom stereocenters. The van der Waals surface area contributed by atoms with Crippen LogP contribution in [0.2, 0.25) is 0 Å². The van der Waals surface area contributed by atoms with Crippen molar-refractivity contribution >= 4 is 15.9 Å². The van der Waals surface area contributed by atoms with Gasteiger partial charge in [-0.25, -0.2) is 0 Å². The van der Waals surface area contributed by atoms with E-state index in [1.807, 2.05) is 13.2 Å². The van der Waals surface area contributed by atoms with Crippen molar-refractivity contribution in [3.8, 4) is 0 Å². The average molecular weight is 285 g/mol. The van der Waals surface area contributed by atoms with Crippen LogP contribution < -0.4 is 5.32 Å². The summed E-state index contributed by atoms with van der Waals surface area (Å²) in [6.07, 6.45) is 2.85. The molecule has 0 bridgehead atoms. The third-order valence-electron chi connectivity index (χ3n) is 3.27. The molecule has 0 radical (unpaired) electrons. The van der Waals surface area contributed by atoms with Gasteiger partial charge in [0.1, 0.15) is 0 Å². The van der Waals surface area contributed by atoms with Crippen LogP contribution in [-0.2, 0) is 6.42 Å². The van der Waals surface area contributed by atoms with Crippen LogP contribution in [0.15, 0.2) is 22.8 Å². The Balaban J connectivity index is 2.66. The van der Waals surface area contributed by atoms with Crippen molar-refractivity contribution in [2.75, 3.05) is 7.05 Å². The molecule has 2 unspecified atom stereocenters. The van der Waals surface area contributed by atoms with Gasteiger partial charge in [0.2, 0.25) is 0 Å². The smallest absolute Gasteiger partial charge is 0.0420 e. The molecule has 0 saturated heterocycles. The molecule has 3 heteroatoms. The van der Waals surface area contributed by atoms with Crippen molar-refractivity contribution in [3.63, 3.8) is 0 Å². The van der Waals surface area contributed by atoms with Gasteiger partial charge in [-0.05, 0) is 46.9 Å². The van der Waals surface area contributed by atoms with Crippen LogP contribution in [-0.4, -0.2) is 18.1 Å². The van der Waals surface area contributed by atoms with Crippen molar-refractivity contribution in [2.45, 2.75) is 33.2 Å². The minimum absolute atomic E-state index is 0.494. The maximum absolute atomic E-state index is 4.42. The van der Waals surface area contributed by atoms with Crippen molar-refractivity contribution in [1.29, 1.82) is 0 Å². The second kappa shape index (κ2) is 6.36. The van der Waals surface area contributed by atoms with Crippen LogP contribution in [0.1, 0.15) is 26.5 Å². The van der Waals surface area contributed by atoms with Gasteiger partial charge in [-0.15, -0.1) is 0 Å². The molecule has 0 saturated carbocycles. The van der Waals surface area contributed by atoms with Crippen LogP contribution in [0.5, 0.6) is 0 Å². The monoisotopic (exact) mass is 284 g/mol. The van der Waals surface area contributed by atoms with Crippen LogP contribution in [0, 0.1) is 11.8 Å². The molecule has 0 aliphatic carbocycles. The van der Waals surface area contributed by atoms with E-state index in [9.17, 15) is 0 Å². The number of hydrogen-bond donors (Lipinski definition) is 1. The number of nitrogens with zero attached hydrogens (tertiary/aromatic N) is 1. The number of pyridine rings is 1. The zero-order valence-corrected chi connectivity index (χ0v) is 12.1. The number of halogens is 1. The molecular formula is C13H21BrN2. The Labute approximate surface area is 107 Å². The number of rotatable bonds is 5. The number of aromatic nitrogens is 1. The van der Waals surface area contributed by atoms with E-state index in [4.69, 9.17) is 0 Å². The number of likely N-dealkylation sites (N-methyl/N-ethyl adjacent to an activating group) is 1. The van der Waals surface area contributed by atoms with Crippen LogP contribution in [0.25, 0.3) is 0 Å². The lowest BCUT2D eigenvalue weighted by atomic mass is 9.88. The molecule has 0 fully saturated rings. The molecule has 1 aromatic rings. The van der Waals surface area contributed by atoms with Crippen molar-refractivity contribution in [2.24, 2.45) is 11.8 Å². The largest absolute Gasteiger partial charge is 0.316 e. The third kappa shape index (κ3) is 3.87. The van der Waals surface area contributed by atoms with E-state index in [-0.39, 0.29) is 0 Å². The molecule has 0 aliphatic rings. The first-order chi connectivity index (χ1) is 7.54. The molecule has 2 nitrogen and oxygen atoms in total. The maximum Gasteiger partial charge on any atom is 0.0420 e. The van der Waals surface area contributed by atoms with Gasteiger partial charge in [0.25, 0.3) is 0 Å². The van der Waals surface area contributed by atoms with E-state index in [2.05, 4.69) is 59.1 Å². The van der Waals surface area contributed by atoms with Crippen molar-refractivity contribution in [1.82, 2.24) is 10.3 Å². The first-order valence-corrected chi connectivity index (χ1v) is 6.61. The predicted molar refractivity (Wildman–Crippen MR) is 72.5 cm³/mol. The molecule has 0 amide bonds. The molecule has 1 rings (SSSR count). The lowest BCUT2D eigenvalue weighted by Gasteiger charge is -2.26. The standard InChI is InChI=1S/C13H21BrN2/c1-9(2)10(3)13(15-4)7-12-6-5-11(14)8-16-12/h5-6,8-10,13,15H,7H2,1-4H3. The molecule has 90 valence electrons. The zero-order chi connectivity index (χ0) is 12.1. The Hall–Kier alpha value is -0.410. The van der Waals surface area contributed by atoms with Crippen LogP contribution in [0.4, 0.5) is 0 Å². The SMILES string of the molecule is CNC(Cc1ccc(Br)cn1)C(C)C(C)C. The fourth-order valence-electron chi connectivity index (χ4n) is 1.77. The Morgan fingerprint density at radius 3 is 2.44 bits per heavy atom. The maximum atomic E-state index is 4.42. The minimum atomic E-state index is 0.494. The summed E-state index contributed by atoms with van der Waals surface area (Å²) in [4.78, 5) is 4.42. The minimum Gasteiger partial charge on any atom is -0.316 e. The second-order valence-electron chi connectivity index (χ2n) is 4.67. The van der Waals surface area contributed by atoms with E-state index in [0.29, 0.717) is 17.9 Å². The van der Waals surface area contributed by atoms with E-state index < -0.39 is 0 Å². The predicted octanol–water partition coefficient (Wildman–Crippen LogP) is 3.27. The van der Waals surface area contributed by atoms with Gasteiger partial charge in [-0.1, -0.05) is 20.8 Å². The quantitative estimate of drug-likeness (QED) is 0.898. The van der Waals surface area contributed by atoms with Gasteiger partial charge < -0.3 is 5.32 Å². The summed E-state index contributed by atoms with van der Waals surface area (Å²) in [5, 5.41) is 3.39. The van der Waals surface area contributed by atoms with Gasteiger partial charge in [-0.2, -0.15) is 0 Å². The average Bonchev–Trinajstić information content (AvgIpc) is 2.27. The lowest BCUT2D eigenvalue weighted by Crippen LogP contribution is -2.36. The Kier molecular flexibility index (Phi) is 5.42. The van der Waals surface area contributed by atoms with Gasteiger partial charge in [0.15, 0.2) is 0 Å². The van der Waals surface area contributed by atoms with Gasteiger partial charge in [0, 0.05) is 28.8 Å². The molecule has 0 spiro atoms. The topological polar surface area (TPSA) is 24.9 Å². The van der Waals surface area contributed by atoms with Crippen molar-refractivity contribution < 1.29 is 0 Å². The van der Waals surface area contributed by atoms with Crippen molar-refractivity contribution in [3.05, 3.63) is 28.5 Å². The highest BCUT2D eigenvalue weighted by Crippen LogP contribution is 2.18. The third-order valence-corrected chi connectivity index (χ3v) is 3.74. The molecule has 0 aliphatic heterocycles. The highest BCUT2D eigenvalue weighted by atomic mass is 79.9. The lowest BCUT2D eigenvalue weighted by molar-refractivity contribution is 0.308. The Morgan fingerprint density at radius 1 is 1.31 bits per heavy atom. The fraction of sp³-hybridized carbons (Fsp3) is 0.615.